The number of rotatable bonds is 2. The molecule has 2 heterocycles. The summed E-state index contributed by atoms with van der Waals surface area (Å²) in [6, 6.07) is 15.9. The monoisotopic (exact) mass is 278 g/mol. The molecular weight excluding hydrogens is 264 g/mol. The number of aromatic amines is 1. The molecule has 0 radical (unpaired) electrons. The van der Waals surface area contributed by atoms with Crippen molar-refractivity contribution in [3.63, 3.8) is 0 Å². The van der Waals surface area contributed by atoms with Gasteiger partial charge in [0.1, 0.15) is 6.61 Å². The first kappa shape index (κ1) is 12.0. The summed E-state index contributed by atoms with van der Waals surface area (Å²) < 4.78 is 5.77. The first-order valence-electron chi connectivity index (χ1n) is 6.90. The van der Waals surface area contributed by atoms with Crippen LogP contribution >= 0.6 is 0 Å². The Morgan fingerprint density at radius 2 is 1.90 bits per heavy atom. The minimum Gasteiger partial charge on any atom is -0.489 e. The van der Waals surface area contributed by atoms with Crippen LogP contribution in [0.25, 0.3) is 22.8 Å². The number of ether oxygens (including phenoxy) is 1. The van der Waals surface area contributed by atoms with E-state index in [-0.39, 0.29) is 0 Å². The van der Waals surface area contributed by atoms with Crippen LogP contribution in [-0.4, -0.2) is 28.3 Å². The molecule has 1 aliphatic heterocycles. The third-order valence-corrected chi connectivity index (χ3v) is 3.45. The van der Waals surface area contributed by atoms with Crippen molar-refractivity contribution in [3.8, 4) is 28.5 Å². The van der Waals surface area contributed by atoms with Gasteiger partial charge in [0.05, 0.1) is 11.3 Å². The Labute approximate surface area is 122 Å². The van der Waals surface area contributed by atoms with Crippen LogP contribution in [0.4, 0.5) is 5.69 Å². The molecule has 0 spiro atoms. The van der Waals surface area contributed by atoms with Gasteiger partial charge in [-0.1, -0.05) is 36.4 Å². The normalized spacial score (nSPS) is 13.1. The summed E-state index contributed by atoms with van der Waals surface area (Å²) in [4.78, 5) is 4.58. The summed E-state index contributed by atoms with van der Waals surface area (Å²) in [5.41, 5.74) is 2.91. The lowest BCUT2D eigenvalue weighted by Crippen LogP contribution is -2.18. The van der Waals surface area contributed by atoms with Gasteiger partial charge in [-0.25, -0.2) is 4.98 Å². The Balaban J connectivity index is 1.77. The second-order valence-corrected chi connectivity index (χ2v) is 4.83. The topological polar surface area (TPSA) is 62.8 Å². The lowest BCUT2D eigenvalue weighted by atomic mass is 10.1. The van der Waals surface area contributed by atoms with Gasteiger partial charge in [0, 0.05) is 12.1 Å². The van der Waals surface area contributed by atoms with Gasteiger partial charge in [-0.15, -0.1) is 0 Å². The van der Waals surface area contributed by atoms with Crippen molar-refractivity contribution in [2.45, 2.75) is 0 Å². The highest BCUT2D eigenvalue weighted by molar-refractivity contribution is 5.76. The van der Waals surface area contributed by atoms with Crippen LogP contribution in [0.5, 0.6) is 5.75 Å². The van der Waals surface area contributed by atoms with Gasteiger partial charge in [-0.2, -0.15) is 5.10 Å². The fourth-order valence-electron chi connectivity index (χ4n) is 2.46. The molecule has 104 valence electrons. The maximum absolute atomic E-state index is 5.77. The molecule has 4 rings (SSSR count). The van der Waals surface area contributed by atoms with Crippen LogP contribution in [0.3, 0.4) is 0 Å². The second-order valence-electron chi connectivity index (χ2n) is 4.83. The van der Waals surface area contributed by atoms with Crippen LogP contribution in [0.15, 0.2) is 48.5 Å². The number of nitrogens with zero attached hydrogens (tertiary/aromatic N) is 2. The fraction of sp³-hybridized carbons (Fsp3) is 0.125. The minimum atomic E-state index is 0.656. The molecule has 1 aliphatic rings. The van der Waals surface area contributed by atoms with Gasteiger partial charge in [-0.05, 0) is 12.1 Å². The van der Waals surface area contributed by atoms with Crippen LogP contribution in [0, 0.1) is 0 Å². The third-order valence-electron chi connectivity index (χ3n) is 3.45. The summed E-state index contributed by atoms with van der Waals surface area (Å²) >= 11 is 0. The van der Waals surface area contributed by atoms with E-state index < -0.39 is 0 Å². The Hall–Kier alpha value is -2.82. The molecule has 0 amide bonds. The third kappa shape index (κ3) is 2.12. The molecule has 3 aromatic rings. The van der Waals surface area contributed by atoms with Crippen molar-refractivity contribution < 1.29 is 4.74 Å². The van der Waals surface area contributed by atoms with E-state index in [0.717, 1.165) is 34.9 Å². The summed E-state index contributed by atoms with van der Waals surface area (Å²) in [5.74, 6) is 2.24. The fourth-order valence-corrected chi connectivity index (χ4v) is 2.46. The van der Waals surface area contributed by atoms with E-state index in [1.165, 1.54) is 0 Å². The van der Waals surface area contributed by atoms with E-state index in [9.17, 15) is 0 Å². The van der Waals surface area contributed by atoms with E-state index >= 15 is 0 Å². The zero-order valence-corrected chi connectivity index (χ0v) is 11.3. The van der Waals surface area contributed by atoms with E-state index in [0.29, 0.717) is 12.4 Å². The molecule has 0 bridgehead atoms. The zero-order valence-electron chi connectivity index (χ0n) is 11.3. The number of fused-ring (bicyclic) bond motifs is 1. The number of H-pyrrole nitrogens is 1. The average Bonchev–Trinajstić information content (AvgIpc) is 3.05. The molecule has 5 heteroatoms. The first-order chi connectivity index (χ1) is 10.4. The lowest BCUT2D eigenvalue weighted by Gasteiger charge is -2.20. The molecule has 2 N–H and O–H groups in total. The van der Waals surface area contributed by atoms with E-state index in [1.807, 2.05) is 48.5 Å². The highest BCUT2D eigenvalue weighted by atomic mass is 16.5. The smallest absolute Gasteiger partial charge is 0.181 e. The molecule has 21 heavy (non-hydrogen) atoms. The number of aromatic nitrogens is 3. The highest BCUT2D eigenvalue weighted by Gasteiger charge is 2.17. The molecule has 0 unspecified atom stereocenters. The molecule has 0 saturated carbocycles. The van der Waals surface area contributed by atoms with E-state index in [4.69, 9.17) is 4.74 Å². The Kier molecular flexibility index (Phi) is 2.81. The van der Waals surface area contributed by atoms with Crippen molar-refractivity contribution in [2.75, 3.05) is 18.5 Å². The number of hydrogen-bond donors (Lipinski definition) is 2. The van der Waals surface area contributed by atoms with Crippen LogP contribution in [-0.2, 0) is 0 Å². The van der Waals surface area contributed by atoms with Crippen LogP contribution in [0.2, 0.25) is 0 Å². The number of benzene rings is 2. The number of para-hydroxylation sites is 1. The highest BCUT2D eigenvalue weighted by Crippen LogP contribution is 2.36. The molecule has 0 aliphatic carbocycles. The maximum atomic E-state index is 5.77. The second kappa shape index (κ2) is 4.94. The van der Waals surface area contributed by atoms with Crippen molar-refractivity contribution in [3.05, 3.63) is 48.5 Å². The minimum absolute atomic E-state index is 0.656. The van der Waals surface area contributed by atoms with Gasteiger partial charge >= 0.3 is 0 Å². The zero-order chi connectivity index (χ0) is 14.1. The summed E-state index contributed by atoms with van der Waals surface area (Å²) in [5, 5.41) is 10.6. The summed E-state index contributed by atoms with van der Waals surface area (Å²) in [6.07, 6.45) is 0. The molecule has 1 aromatic heterocycles. The molecule has 0 atom stereocenters. The summed E-state index contributed by atoms with van der Waals surface area (Å²) in [7, 11) is 0. The van der Waals surface area contributed by atoms with Crippen LogP contribution in [0.1, 0.15) is 0 Å². The summed E-state index contributed by atoms with van der Waals surface area (Å²) in [6.45, 7) is 1.48. The Morgan fingerprint density at radius 3 is 2.81 bits per heavy atom. The lowest BCUT2D eigenvalue weighted by molar-refractivity contribution is 0.324. The van der Waals surface area contributed by atoms with Gasteiger partial charge in [0.25, 0.3) is 0 Å². The van der Waals surface area contributed by atoms with Gasteiger partial charge in [0.2, 0.25) is 0 Å². The molecule has 0 saturated heterocycles. The molecular formula is C16H14N4O. The van der Waals surface area contributed by atoms with E-state index in [2.05, 4.69) is 20.5 Å². The van der Waals surface area contributed by atoms with Crippen molar-refractivity contribution in [2.24, 2.45) is 0 Å². The van der Waals surface area contributed by atoms with Crippen molar-refractivity contribution in [1.82, 2.24) is 15.2 Å². The molecule has 2 aromatic carbocycles. The quantitative estimate of drug-likeness (QED) is 0.756. The largest absolute Gasteiger partial charge is 0.489 e. The SMILES string of the molecule is c1ccc(-c2n[nH]c(-c3cccc4c3OCCN4)n2)cc1. The predicted octanol–water partition coefficient (Wildman–Crippen LogP) is 2.94. The number of nitrogens with one attached hydrogen (secondary N) is 2. The standard InChI is InChI=1S/C16H14N4O/c1-2-5-11(6-3-1)15-18-16(20-19-15)12-7-4-8-13-14(12)21-10-9-17-13/h1-8,17H,9-10H2,(H,18,19,20). The number of hydrogen-bond acceptors (Lipinski definition) is 4. The van der Waals surface area contributed by atoms with E-state index in [1.54, 1.807) is 0 Å². The van der Waals surface area contributed by atoms with Gasteiger partial charge in [0.15, 0.2) is 17.4 Å². The van der Waals surface area contributed by atoms with Gasteiger partial charge in [-0.3, -0.25) is 5.10 Å². The first-order valence-corrected chi connectivity index (χ1v) is 6.90. The predicted molar refractivity (Wildman–Crippen MR) is 81.2 cm³/mol. The van der Waals surface area contributed by atoms with Crippen LogP contribution < -0.4 is 10.1 Å². The Morgan fingerprint density at radius 1 is 1.00 bits per heavy atom. The van der Waals surface area contributed by atoms with Crippen molar-refractivity contribution >= 4 is 5.69 Å². The van der Waals surface area contributed by atoms with Gasteiger partial charge < -0.3 is 10.1 Å². The molecule has 0 fully saturated rings. The average molecular weight is 278 g/mol. The molecule has 5 nitrogen and oxygen atoms in total. The maximum Gasteiger partial charge on any atom is 0.181 e. The number of anilines is 1. The van der Waals surface area contributed by atoms with Crippen molar-refractivity contribution in [1.29, 1.82) is 0 Å². The Bertz CT molecular complexity index is 767.